The predicted molar refractivity (Wildman–Crippen MR) is 48.2 cm³/mol. The van der Waals surface area contributed by atoms with E-state index in [4.69, 9.17) is 5.11 Å². The largest absolute Gasteiger partial charge is 0.392 e. The number of aliphatic hydroxyl groups is 1. The Balaban J connectivity index is 2.88. The van der Waals surface area contributed by atoms with Crippen LogP contribution in [0.1, 0.15) is 6.42 Å². The maximum Gasteiger partial charge on any atom is 0.237 e. The second-order valence-electron chi connectivity index (χ2n) is 2.75. The molecule has 0 spiro atoms. The Hall–Kier alpha value is -1.49. The monoisotopic (exact) mass is 182 g/mol. The maximum absolute atomic E-state index is 10.5. The molecule has 13 heavy (non-hydrogen) atoms. The smallest absolute Gasteiger partial charge is 0.237 e. The highest BCUT2D eigenvalue weighted by molar-refractivity contribution is 5.36. The van der Waals surface area contributed by atoms with Crippen LogP contribution in [0.2, 0.25) is 0 Å². The van der Waals surface area contributed by atoms with Gasteiger partial charge in [0.15, 0.2) is 0 Å². The second-order valence-corrected chi connectivity index (χ2v) is 2.75. The van der Waals surface area contributed by atoms with Crippen LogP contribution in [0, 0.1) is 10.1 Å². The lowest BCUT2D eigenvalue weighted by molar-refractivity contribution is -0.509. The molecular weight excluding hydrogens is 172 g/mol. The van der Waals surface area contributed by atoms with Gasteiger partial charge in [-0.15, -0.1) is 0 Å². The van der Waals surface area contributed by atoms with Crippen molar-refractivity contribution in [2.24, 2.45) is 4.99 Å². The fourth-order valence-electron chi connectivity index (χ4n) is 1.19. The molecule has 0 aromatic rings. The topological polar surface area (TPSA) is 75.7 Å². The summed E-state index contributed by atoms with van der Waals surface area (Å²) >= 11 is 0. The summed E-state index contributed by atoms with van der Waals surface area (Å²) in [5.41, 5.74) is 1.07. The maximum atomic E-state index is 10.5. The first-order chi connectivity index (χ1) is 6.17. The molecule has 1 unspecified atom stereocenters. The van der Waals surface area contributed by atoms with Crippen LogP contribution >= 0.6 is 0 Å². The summed E-state index contributed by atoms with van der Waals surface area (Å²) in [6, 6.07) is -0.785. The molecular formula is C8H10N2O3. The molecule has 1 aliphatic carbocycles. The molecule has 1 atom stereocenters. The van der Waals surface area contributed by atoms with Crippen molar-refractivity contribution >= 4 is 6.72 Å². The number of hydrogen-bond donors (Lipinski definition) is 1. The Labute approximate surface area is 75.3 Å². The first-order valence-corrected chi connectivity index (χ1v) is 3.79. The Bertz CT molecular complexity index is 294. The van der Waals surface area contributed by atoms with E-state index < -0.39 is 11.0 Å². The van der Waals surface area contributed by atoms with E-state index in [9.17, 15) is 10.1 Å². The molecule has 0 bridgehead atoms. The molecule has 0 saturated heterocycles. The second kappa shape index (κ2) is 3.95. The number of hydrogen-bond acceptors (Lipinski definition) is 4. The molecule has 5 nitrogen and oxygen atoms in total. The molecule has 0 aromatic carbocycles. The third-order valence-corrected chi connectivity index (χ3v) is 1.83. The van der Waals surface area contributed by atoms with Crippen molar-refractivity contribution in [1.29, 1.82) is 0 Å². The third kappa shape index (κ3) is 2.22. The van der Waals surface area contributed by atoms with Gasteiger partial charge in [0.1, 0.15) is 0 Å². The molecule has 0 heterocycles. The zero-order chi connectivity index (χ0) is 9.84. The molecule has 0 aromatic heterocycles. The Morgan fingerprint density at radius 3 is 3.00 bits per heavy atom. The molecule has 0 fully saturated rings. The van der Waals surface area contributed by atoms with E-state index in [1.165, 1.54) is 6.08 Å². The van der Waals surface area contributed by atoms with Crippen molar-refractivity contribution in [3.05, 3.63) is 33.5 Å². The van der Waals surface area contributed by atoms with Crippen molar-refractivity contribution in [2.45, 2.75) is 12.5 Å². The highest BCUT2D eigenvalue weighted by atomic mass is 16.6. The van der Waals surface area contributed by atoms with Crippen LogP contribution in [0.3, 0.4) is 0 Å². The molecule has 0 saturated carbocycles. The molecule has 0 aliphatic heterocycles. The van der Waals surface area contributed by atoms with Gasteiger partial charge in [-0.1, -0.05) is 0 Å². The van der Waals surface area contributed by atoms with E-state index in [1.807, 2.05) is 0 Å². The van der Waals surface area contributed by atoms with Crippen LogP contribution in [-0.4, -0.2) is 29.4 Å². The molecule has 5 heteroatoms. The summed E-state index contributed by atoms with van der Waals surface area (Å²) in [7, 11) is 0. The van der Waals surface area contributed by atoms with Crippen molar-refractivity contribution in [3.8, 4) is 0 Å². The average Bonchev–Trinajstić information content (AvgIpc) is 2.16. The molecule has 70 valence electrons. The predicted octanol–water partition coefficient (Wildman–Crippen LogP) is 0.539. The zero-order valence-corrected chi connectivity index (χ0v) is 7.01. The van der Waals surface area contributed by atoms with Gasteiger partial charge < -0.3 is 5.11 Å². The van der Waals surface area contributed by atoms with Crippen LogP contribution < -0.4 is 0 Å². The Kier molecular flexibility index (Phi) is 2.92. The van der Waals surface area contributed by atoms with Crippen LogP contribution in [-0.2, 0) is 0 Å². The molecule has 0 amide bonds. The quantitative estimate of drug-likeness (QED) is 0.393. The van der Waals surface area contributed by atoms with Crippen LogP contribution in [0.5, 0.6) is 0 Å². The van der Waals surface area contributed by atoms with Gasteiger partial charge in [0.2, 0.25) is 6.04 Å². The van der Waals surface area contributed by atoms with Gasteiger partial charge >= 0.3 is 0 Å². The molecule has 1 N–H and O–H groups in total. The Morgan fingerprint density at radius 2 is 2.54 bits per heavy atom. The lowest BCUT2D eigenvalue weighted by Crippen LogP contribution is -2.20. The lowest BCUT2D eigenvalue weighted by Gasteiger charge is -2.12. The van der Waals surface area contributed by atoms with Crippen LogP contribution in [0.4, 0.5) is 0 Å². The van der Waals surface area contributed by atoms with Gasteiger partial charge in [0.25, 0.3) is 0 Å². The number of nitrogens with zero attached hydrogens (tertiary/aromatic N) is 2. The summed E-state index contributed by atoms with van der Waals surface area (Å²) in [5.74, 6) is 0. The lowest BCUT2D eigenvalue weighted by atomic mass is 10.0. The van der Waals surface area contributed by atoms with Gasteiger partial charge in [-0.3, -0.25) is 15.1 Å². The van der Waals surface area contributed by atoms with Gasteiger partial charge in [-0.05, 0) is 24.4 Å². The zero-order valence-electron chi connectivity index (χ0n) is 7.01. The van der Waals surface area contributed by atoms with Crippen molar-refractivity contribution in [2.75, 3.05) is 6.61 Å². The number of nitro groups is 1. The minimum Gasteiger partial charge on any atom is -0.392 e. The highest BCUT2D eigenvalue weighted by Gasteiger charge is 2.22. The van der Waals surface area contributed by atoms with E-state index in [2.05, 4.69) is 11.7 Å². The first-order valence-electron chi connectivity index (χ1n) is 3.79. The summed E-state index contributed by atoms with van der Waals surface area (Å²) in [6.45, 7) is 3.09. The molecule has 1 aliphatic rings. The minimum absolute atomic E-state index is 0.205. The van der Waals surface area contributed by atoms with E-state index >= 15 is 0 Å². The fraction of sp³-hybridized carbons (Fsp3) is 0.375. The average molecular weight is 182 g/mol. The van der Waals surface area contributed by atoms with Gasteiger partial charge in [-0.25, -0.2) is 0 Å². The van der Waals surface area contributed by atoms with E-state index in [0.29, 0.717) is 11.3 Å². The Morgan fingerprint density at radius 1 is 1.85 bits per heavy atom. The van der Waals surface area contributed by atoms with E-state index in [0.717, 1.165) is 0 Å². The minimum atomic E-state index is -0.785. The van der Waals surface area contributed by atoms with Gasteiger partial charge in [0, 0.05) is 10.6 Å². The van der Waals surface area contributed by atoms with Crippen molar-refractivity contribution in [3.63, 3.8) is 0 Å². The summed E-state index contributed by atoms with van der Waals surface area (Å²) in [5, 5.41) is 19.3. The number of rotatable bonds is 3. The van der Waals surface area contributed by atoms with Crippen LogP contribution in [0.15, 0.2) is 28.4 Å². The highest BCUT2D eigenvalue weighted by Crippen LogP contribution is 2.19. The summed E-state index contributed by atoms with van der Waals surface area (Å²) < 4.78 is 0. The van der Waals surface area contributed by atoms with Gasteiger partial charge in [0.05, 0.1) is 13.0 Å². The normalized spacial score (nSPS) is 21.8. The molecule has 0 radical (unpaired) electrons. The third-order valence-electron chi connectivity index (χ3n) is 1.83. The number of aliphatic hydroxyl groups excluding tert-OH is 1. The first kappa shape index (κ1) is 9.60. The SMILES string of the molecule is C=NC1=CC(CO)=CC([N+](=O)[O-])C1. The van der Waals surface area contributed by atoms with Gasteiger partial charge in [-0.2, -0.15) is 0 Å². The van der Waals surface area contributed by atoms with Crippen molar-refractivity contribution in [1.82, 2.24) is 0 Å². The summed E-state index contributed by atoms with van der Waals surface area (Å²) in [6.07, 6.45) is 3.31. The summed E-state index contributed by atoms with van der Waals surface area (Å²) in [4.78, 5) is 13.7. The fourth-order valence-corrected chi connectivity index (χ4v) is 1.19. The number of aliphatic imine (C=N–C) groups is 1. The van der Waals surface area contributed by atoms with Crippen molar-refractivity contribution < 1.29 is 10.0 Å². The van der Waals surface area contributed by atoms with Crippen LogP contribution in [0.25, 0.3) is 0 Å². The molecule has 1 rings (SSSR count). The van der Waals surface area contributed by atoms with E-state index in [1.54, 1.807) is 6.08 Å². The standard InChI is InChI=1S/C8H10N2O3/c1-9-7-2-6(5-11)3-8(4-7)10(12)13/h2-3,8,11H,1,4-5H2. The van der Waals surface area contributed by atoms with E-state index in [-0.39, 0.29) is 13.0 Å².